The van der Waals surface area contributed by atoms with Crippen LogP contribution in [0.2, 0.25) is 0 Å². The first-order valence-electron chi connectivity index (χ1n) is 7.30. The number of aryl methyl sites for hydroxylation is 1. The lowest BCUT2D eigenvalue weighted by molar-refractivity contribution is 0.0679. The second-order valence-corrected chi connectivity index (χ2v) is 5.50. The van der Waals surface area contributed by atoms with Gasteiger partial charge in [-0.15, -0.1) is 0 Å². The van der Waals surface area contributed by atoms with E-state index in [2.05, 4.69) is 6.92 Å². The molecule has 0 saturated carbocycles. The summed E-state index contributed by atoms with van der Waals surface area (Å²) in [5.74, 6) is 0.106. The van der Waals surface area contributed by atoms with Crippen LogP contribution in [-0.4, -0.2) is 23.4 Å². The number of anilines is 1. The van der Waals surface area contributed by atoms with Crippen molar-refractivity contribution in [3.05, 3.63) is 29.3 Å². The van der Waals surface area contributed by atoms with E-state index in [1.165, 1.54) is 12.8 Å². The fourth-order valence-corrected chi connectivity index (χ4v) is 2.88. The first-order valence-corrected chi connectivity index (χ1v) is 7.30. The lowest BCUT2D eigenvalue weighted by Gasteiger charge is -2.30. The van der Waals surface area contributed by atoms with Crippen molar-refractivity contribution in [2.75, 3.05) is 12.3 Å². The number of likely N-dealkylation sites (tertiary alicyclic amines) is 1. The number of rotatable bonds is 2. The summed E-state index contributed by atoms with van der Waals surface area (Å²) < 4.78 is 0. The van der Waals surface area contributed by atoms with Gasteiger partial charge < -0.3 is 10.6 Å². The highest BCUT2D eigenvalue weighted by molar-refractivity contribution is 5.99. The number of nitrogen functional groups attached to an aromatic ring is 1. The summed E-state index contributed by atoms with van der Waals surface area (Å²) in [6.45, 7) is 5.02. The molecule has 3 heteroatoms. The van der Waals surface area contributed by atoms with Gasteiger partial charge in [0.05, 0.1) is 5.56 Å². The average molecular weight is 260 g/mol. The van der Waals surface area contributed by atoms with Gasteiger partial charge >= 0.3 is 0 Å². The van der Waals surface area contributed by atoms with Crippen molar-refractivity contribution < 1.29 is 4.79 Å². The van der Waals surface area contributed by atoms with Crippen molar-refractivity contribution in [3.8, 4) is 0 Å². The number of nitrogens with zero attached hydrogens (tertiary/aromatic N) is 1. The smallest absolute Gasteiger partial charge is 0.256 e. The molecule has 0 spiro atoms. The molecule has 0 aliphatic carbocycles. The number of benzene rings is 1. The van der Waals surface area contributed by atoms with Gasteiger partial charge in [0.25, 0.3) is 5.91 Å². The van der Waals surface area contributed by atoms with Crippen molar-refractivity contribution in [2.45, 2.75) is 52.0 Å². The predicted molar refractivity (Wildman–Crippen MR) is 79.2 cm³/mol. The number of nitrogens with two attached hydrogens (primary N) is 1. The van der Waals surface area contributed by atoms with Crippen LogP contribution in [0.15, 0.2) is 18.2 Å². The lowest BCUT2D eigenvalue weighted by atomic mass is 10.0. The fraction of sp³-hybridized carbons (Fsp3) is 0.562. The molecule has 1 aromatic carbocycles. The van der Waals surface area contributed by atoms with Crippen LogP contribution < -0.4 is 5.73 Å². The summed E-state index contributed by atoms with van der Waals surface area (Å²) in [4.78, 5) is 14.8. The fourth-order valence-electron chi connectivity index (χ4n) is 2.88. The Balaban J connectivity index is 2.27. The van der Waals surface area contributed by atoms with Gasteiger partial charge in [0.15, 0.2) is 0 Å². The van der Waals surface area contributed by atoms with Crippen LogP contribution in [0.5, 0.6) is 0 Å². The van der Waals surface area contributed by atoms with E-state index >= 15 is 0 Å². The van der Waals surface area contributed by atoms with Crippen LogP contribution in [0.4, 0.5) is 5.69 Å². The first kappa shape index (κ1) is 13.9. The summed E-state index contributed by atoms with van der Waals surface area (Å²) in [5.41, 5.74) is 8.32. The van der Waals surface area contributed by atoms with Gasteiger partial charge in [-0.3, -0.25) is 4.79 Å². The minimum Gasteiger partial charge on any atom is -0.398 e. The molecule has 1 atom stereocenters. The molecule has 0 bridgehead atoms. The van der Waals surface area contributed by atoms with Crippen LogP contribution in [0.25, 0.3) is 0 Å². The van der Waals surface area contributed by atoms with Crippen LogP contribution in [0, 0.1) is 6.92 Å². The van der Waals surface area contributed by atoms with Gasteiger partial charge in [0.1, 0.15) is 0 Å². The highest BCUT2D eigenvalue weighted by Crippen LogP contribution is 2.24. The Bertz CT molecular complexity index is 456. The maximum Gasteiger partial charge on any atom is 0.256 e. The number of carbonyl (C=O) groups excluding carboxylic acids is 1. The van der Waals surface area contributed by atoms with Crippen LogP contribution >= 0.6 is 0 Å². The van der Waals surface area contributed by atoms with Gasteiger partial charge in [0, 0.05) is 18.3 Å². The topological polar surface area (TPSA) is 46.3 Å². The van der Waals surface area contributed by atoms with Crippen LogP contribution in [0.3, 0.4) is 0 Å². The standard InChI is InChI=1S/C16H24N2O/c1-3-13-7-5-4-6-10-18(13)16(19)14-11-12(2)8-9-15(14)17/h8-9,11,13H,3-7,10,17H2,1-2H3. The van der Waals surface area contributed by atoms with E-state index in [0.717, 1.165) is 31.4 Å². The highest BCUT2D eigenvalue weighted by Gasteiger charge is 2.26. The predicted octanol–water partition coefficient (Wildman–Crippen LogP) is 3.37. The summed E-state index contributed by atoms with van der Waals surface area (Å²) in [6, 6.07) is 6.07. The van der Waals surface area contributed by atoms with Crippen molar-refractivity contribution in [3.63, 3.8) is 0 Å². The third kappa shape index (κ3) is 3.09. The second kappa shape index (κ2) is 6.09. The SMILES string of the molecule is CCC1CCCCCN1C(=O)c1cc(C)ccc1N. The third-order valence-electron chi connectivity index (χ3n) is 4.05. The van der Waals surface area contributed by atoms with Crippen LogP contribution in [-0.2, 0) is 0 Å². The molecule has 2 N–H and O–H groups in total. The molecule has 1 aliphatic rings. The van der Waals surface area contributed by atoms with Gasteiger partial charge in [-0.1, -0.05) is 31.4 Å². The molecule has 2 rings (SSSR count). The highest BCUT2D eigenvalue weighted by atomic mass is 16.2. The lowest BCUT2D eigenvalue weighted by Crippen LogP contribution is -2.40. The molecule has 0 radical (unpaired) electrons. The molecule has 19 heavy (non-hydrogen) atoms. The zero-order valence-corrected chi connectivity index (χ0v) is 12.0. The molecule has 1 heterocycles. The molecular formula is C16H24N2O. The van der Waals surface area contributed by atoms with Crippen LogP contribution in [0.1, 0.15) is 54.9 Å². The Morgan fingerprint density at radius 3 is 2.89 bits per heavy atom. The molecule has 1 aromatic rings. The van der Waals surface area contributed by atoms with E-state index in [9.17, 15) is 4.79 Å². The van der Waals surface area contributed by atoms with E-state index in [1.807, 2.05) is 30.0 Å². The zero-order valence-electron chi connectivity index (χ0n) is 12.0. The number of hydrogen-bond donors (Lipinski definition) is 1. The molecule has 1 unspecified atom stereocenters. The van der Waals surface area contributed by atoms with Gasteiger partial charge in [0.2, 0.25) is 0 Å². The molecule has 1 aliphatic heterocycles. The van der Waals surface area contributed by atoms with E-state index < -0.39 is 0 Å². The number of amides is 1. The zero-order chi connectivity index (χ0) is 13.8. The van der Waals surface area contributed by atoms with Crippen molar-refractivity contribution in [1.29, 1.82) is 0 Å². The van der Waals surface area contributed by atoms with Gasteiger partial charge in [-0.2, -0.15) is 0 Å². The summed E-state index contributed by atoms with van der Waals surface area (Å²) >= 11 is 0. The molecule has 1 fully saturated rings. The molecular weight excluding hydrogens is 236 g/mol. The maximum absolute atomic E-state index is 12.7. The Hall–Kier alpha value is -1.51. The minimum atomic E-state index is 0.106. The van der Waals surface area contributed by atoms with E-state index in [0.29, 0.717) is 17.3 Å². The minimum absolute atomic E-state index is 0.106. The normalized spacial score (nSPS) is 20.1. The maximum atomic E-state index is 12.7. The first-order chi connectivity index (χ1) is 9.13. The van der Waals surface area contributed by atoms with E-state index in [1.54, 1.807) is 0 Å². The molecule has 3 nitrogen and oxygen atoms in total. The number of carbonyl (C=O) groups is 1. The monoisotopic (exact) mass is 260 g/mol. The molecule has 1 amide bonds. The van der Waals surface area contributed by atoms with Crippen molar-refractivity contribution >= 4 is 11.6 Å². The van der Waals surface area contributed by atoms with E-state index in [-0.39, 0.29) is 5.91 Å². The molecule has 104 valence electrons. The number of hydrogen-bond acceptors (Lipinski definition) is 2. The Labute approximate surface area is 115 Å². The quantitative estimate of drug-likeness (QED) is 0.829. The summed E-state index contributed by atoms with van der Waals surface area (Å²) in [6.07, 6.45) is 5.70. The van der Waals surface area contributed by atoms with Gasteiger partial charge in [-0.05, 0) is 38.3 Å². The van der Waals surface area contributed by atoms with Gasteiger partial charge in [-0.25, -0.2) is 0 Å². The molecule has 1 saturated heterocycles. The van der Waals surface area contributed by atoms with E-state index in [4.69, 9.17) is 5.73 Å². The molecule has 0 aromatic heterocycles. The summed E-state index contributed by atoms with van der Waals surface area (Å²) in [5, 5.41) is 0. The van der Waals surface area contributed by atoms with Crippen molar-refractivity contribution in [2.24, 2.45) is 0 Å². The Kier molecular flexibility index (Phi) is 4.46. The summed E-state index contributed by atoms with van der Waals surface area (Å²) in [7, 11) is 0. The second-order valence-electron chi connectivity index (χ2n) is 5.50. The third-order valence-corrected chi connectivity index (χ3v) is 4.05. The Morgan fingerprint density at radius 2 is 2.16 bits per heavy atom. The average Bonchev–Trinajstić information content (AvgIpc) is 2.65. The van der Waals surface area contributed by atoms with Crippen molar-refractivity contribution in [1.82, 2.24) is 4.90 Å². The largest absolute Gasteiger partial charge is 0.398 e. The Morgan fingerprint density at radius 1 is 1.37 bits per heavy atom.